The third-order valence-electron chi connectivity index (χ3n) is 4.38. The van der Waals surface area contributed by atoms with Gasteiger partial charge in [0.1, 0.15) is 12.3 Å². The SMILES string of the molecule is Cc1c(Cl)cccc1N(CC(=O)Nc1cc(Cl)ccc1Oc1ccccc1)S(C)(=O)=O. The van der Waals surface area contributed by atoms with Crippen LogP contribution >= 0.6 is 23.2 Å². The lowest BCUT2D eigenvalue weighted by Crippen LogP contribution is -2.38. The molecular formula is C22H20Cl2N2O4S. The molecule has 0 saturated heterocycles. The fraction of sp³-hybridized carbons (Fsp3) is 0.136. The van der Waals surface area contributed by atoms with Crippen LogP contribution in [0.4, 0.5) is 11.4 Å². The zero-order valence-electron chi connectivity index (χ0n) is 16.8. The van der Waals surface area contributed by atoms with E-state index in [1.54, 1.807) is 49.4 Å². The van der Waals surface area contributed by atoms with Crippen molar-refractivity contribution in [1.29, 1.82) is 0 Å². The van der Waals surface area contributed by atoms with Crippen molar-refractivity contribution in [3.8, 4) is 11.5 Å². The van der Waals surface area contributed by atoms with E-state index in [1.165, 1.54) is 6.07 Å². The highest BCUT2D eigenvalue weighted by Crippen LogP contribution is 2.32. The van der Waals surface area contributed by atoms with Gasteiger partial charge in [0.2, 0.25) is 15.9 Å². The Morgan fingerprint density at radius 3 is 2.42 bits per heavy atom. The van der Waals surface area contributed by atoms with E-state index in [0.717, 1.165) is 10.6 Å². The second-order valence-corrected chi connectivity index (χ2v) is 9.51. The summed E-state index contributed by atoms with van der Waals surface area (Å²) in [5.74, 6) is 0.381. The number of hydrogen-bond donors (Lipinski definition) is 1. The van der Waals surface area contributed by atoms with Gasteiger partial charge in [-0.25, -0.2) is 8.42 Å². The number of carbonyl (C=O) groups excluding carboxylic acids is 1. The molecule has 3 aromatic carbocycles. The first-order valence-corrected chi connectivity index (χ1v) is 11.8. The zero-order chi connectivity index (χ0) is 22.6. The van der Waals surface area contributed by atoms with E-state index in [9.17, 15) is 13.2 Å². The highest BCUT2D eigenvalue weighted by Gasteiger charge is 2.23. The lowest BCUT2D eigenvalue weighted by molar-refractivity contribution is -0.114. The van der Waals surface area contributed by atoms with Crippen LogP contribution in [0, 0.1) is 6.92 Å². The summed E-state index contributed by atoms with van der Waals surface area (Å²) in [5.41, 5.74) is 1.20. The fourth-order valence-electron chi connectivity index (χ4n) is 2.87. The summed E-state index contributed by atoms with van der Waals surface area (Å²) in [6.07, 6.45) is 1.03. The molecule has 0 saturated carbocycles. The number of halogens is 2. The van der Waals surface area contributed by atoms with Gasteiger partial charge >= 0.3 is 0 Å². The van der Waals surface area contributed by atoms with E-state index in [1.807, 2.05) is 18.2 Å². The van der Waals surface area contributed by atoms with Crippen molar-refractivity contribution >= 4 is 50.5 Å². The second-order valence-electron chi connectivity index (χ2n) is 6.76. The van der Waals surface area contributed by atoms with Crippen molar-refractivity contribution in [2.75, 3.05) is 22.4 Å². The largest absolute Gasteiger partial charge is 0.455 e. The Bertz CT molecular complexity index is 1200. The molecule has 0 aliphatic carbocycles. The van der Waals surface area contributed by atoms with Crippen molar-refractivity contribution in [3.05, 3.63) is 82.3 Å². The predicted octanol–water partition coefficient (Wildman–Crippen LogP) is 5.50. The number of benzene rings is 3. The lowest BCUT2D eigenvalue weighted by atomic mass is 10.2. The van der Waals surface area contributed by atoms with Crippen molar-refractivity contribution in [2.45, 2.75) is 6.92 Å². The third-order valence-corrected chi connectivity index (χ3v) is 6.15. The third kappa shape index (κ3) is 5.91. The normalized spacial score (nSPS) is 11.1. The minimum absolute atomic E-state index is 0.317. The van der Waals surface area contributed by atoms with Crippen molar-refractivity contribution in [2.24, 2.45) is 0 Å². The van der Waals surface area contributed by atoms with Gasteiger partial charge in [-0.15, -0.1) is 0 Å². The number of nitrogens with one attached hydrogen (secondary N) is 1. The Morgan fingerprint density at radius 2 is 1.74 bits per heavy atom. The Kier molecular flexibility index (Phi) is 7.10. The molecule has 0 heterocycles. The van der Waals surface area contributed by atoms with Crippen LogP contribution < -0.4 is 14.4 Å². The number of sulfonamides is 1. The average Bonchev–Trinajstić information content (AvgIpc) is 2.70. The quantitative estimate of drug-likeness (QED) is 0.486. The highest BCUT2D eigenvalue weighted by molar-refractivity contribution is 7.92. The van der Waals surface area contributed by atoms with Crippen molar-refractivity contribution in [1.82, 2.24) is 0 Å². The Morgan fingerprint density at radius 1 is 1.03 bits per heavy atom. The minimum atomic E-state index is -3.75. The maximum Gasteiger partial charge on any atom is 0.245 e. The van der Waals surface area contributed by atoms with E-state index in [2.05, 4.69) is 5.32 Å². The zero-order valence-corrected chi connectivity index (χ0v) is 19.1. The summed E-state index contributed by atoms with van der Waals surface area (Å²) in [6, 6.07) is 18.7. The van der Waals surface area contributed by atoms with Crippen LogP contribution in [0.5, 0.6) is 11.5 Å². The average molecular weight is 479 g/mol. The molecule has 0 aliphatic rings. The van der Waals surface area contributed by atoms with Crippen LogP contribution in [0.15, 0.2) is 66.7 Å². The van der Waals surface area contributed by atoms with Gasteiger partial charge in [0.15, 0.2) is 5.75 Å². The highest BCUT2D eigenvalue weighted by atomic mass is 35.5. The number of anilines is 2. The molecule has 0 atom stereocenters. The lowest BCUT2D eigenvalue weighted by Gasteiger charge is -2.24. The van der Waals surface area contributed by atoms with E-state index in [0.29, 0.717) is 38.5 Å². The molecule has 31 heavy (non-hydrogen) atoms. The van der Waals surface area contributed by atoms with E-state index in [4.69, 9.17) is 27.9 Å². The Labute approximate surface area is 191 Å². The molecule has 0 aromatic heterocycles. The summed E-state index contributed by atoms with van der Waals surface area (Å²) < 4.78 is 31.6. The van der Waals surface area contributed by atoms with E-state index in [-0.39, 0.29) is 0 Å². The molecule has 0 aliphatic heterocycles. The topological polar surface area (TPSA) is 75.7 Å². The summed E-state index contributed by atoms with van der Waals surface area (Å²) in [6.45, 7) is 1.24. The fourth-order valence-corrected chi connectivity index (χ4v) is 4.12. The number of carbonyl (C=O) groups is 1. The summed E-state index contributed by atoms with van der Waals surface area (Å²) in [5, 5.41) is 3.48. The molecule has 3 aromatic rings. The van der Waals surface area contributed by atoms with Gasteiger partial charge in [-0.05, 0) is 55.0 Å². The van der Waals surface area contributed by atoms with Gasteiger partial charge < -0.3 is 10.1 Å². The second kappa shape index (κ2) is 9.60. The van der Waals surface area contributed by atoms with Gasteiger partial charge in [-0.3, -0.25) is 9.10 Å². The molecular weight excluding hydrogens is 459 g/mol. The molecule has 9 heteroatoms. The van der Waals surface area contributed by atoms with E-state index >= 15 is 0 Å². The Hall–Kier alpha value is -2.74. The van der Waals surface area contributed by atoms with Crippen LogP contribution in [-0.2, 0) is 14.8 Å². The minimum Gasteiger partial charge on any atom is -0.455 e. The number of para-hydroxylation sites is 1. The molecule has 3 rings (SSSR count). The molecule has 0 spiro atoms. The van der Waals surface area contributed by atoms with Crippen LogP contribution in [0.3, 0.4) is 0 Å². The molecule has 0 bridgehead atoms. The first-order chi connectivity index (χ1) is 14.6. The molecule has 1 amide bonds. The van der Waals surface area contributed by atoms with Gasteiger partial charge in [-0.1, -0.05) is 47.5 Å². The van der Waals surface area contributed by atoms with Gasteiger partial charge in [0.25, 0.3) is 0 Å². The maximum atomic E-state index is 12.8. The number of ether oxygens (including phenoxy) is 1. The molecule has 0 unspecified atom stereocenters. The first kappa shape index (κ1) is 22.9. The summed E-state index contributed by atoms with van der Waals surface area (Å²) in [4.78, 5) is 12.8. The maximum absolute atomic E-state index is 12.8. The van der Waals surface area contributed by atoms with Crippen LogP contribution in [0.25, 0.3) is 0 Å². The van der Waals surface area contributed by atoms with Gasteiger partial charge in [0, 0.05) is 10.0 Å². The van der Waals surface area contributed by atoms with Gasteiger partial charge in [0.05, 0.1) is 17.6 Å². The van der Waals surface area contributed by atoms with Crippen LogP contribution in [0.1, 0.15) is 5.56 Å². The number of rotatable bonds is 7. The molecule has 6 nitrogen and oxygen atoms in total. The smallest absolute Gasteiger partial charge is 0.245 e. The molecule has 0 fully saturated rings. The molecule has 162 valence electrons. The first-order valence-electron chi connectivity index (χ1n) is 9.20. The summed E-state index contributed by atoms with van der Waals surface area (Å²) in [7, 11) is -3.75. The Balaban J connectivity index is 1.86. The number of nitrogens with zero attached hydrogens (tertiary/aromatic N) is 1. The predicted molar refractivity (Wildman–Crippen MR) is 125 cm³/mol. The summed E-state index contributed by atoms with van der Waals surface area (Å²) >= 11 is 12.2. The molecule has 1 N–H and O–H groups in total. The van der Waals surface area contributed by atoms with Gasteiger partial charge in [-0.2, -0.15) is 0 Å². The standard InChI is InChI=1S/C22H20Cl2N2O4S/c1-15-18(24)9-6-10-20(15)26(31(2,28)29)14-22(27)25-19-13-16(23)11-12-21(19)30-17-7-4-3-5-8-17/h3-13H,14H2,1-2H3,(H,25,27). The number of hydrogen-bond acceptors (Lipinski definition) is 4. The van der Waals surface area contributed by atoms with Crippen molar-refractivity contribution in [3.63, 3.8) is 0 Å². The van der Waals surface area contributed by atoms with Crippen LogP contribution in [-0.4, -0.2) is 27.1 Å². The molecule has 0 radical (unpaired) electrons. The monoisotopic (exact) mass is 478 g/mol. The van der Waals surface area contributed by atoms with E-state index < -0.39 is 22.5 Å². The number of amides is 1. The van der Waals surface area contributed by atoms with Crippen molar-refractivity contribution < 1.29 is 17.9 Å². The van der Waals surface area contributed by atoms with Crippen LogP contribution in [0.2, 0.25) is 10.0 Å².